The zero-order valence-electron chi connectivity index (χ0n) is 10.2. The molecular formula is C11H19NO4. The molecular weight excluding hydrogens is 210 g/mol. The number of nitrogens with zero attached hydrogens (tertiary/aromatic N) is 1. The summed E-state index contributed by atoms with van der Waals surface area (Å²) in [5.41, 5.74) is -0.500. The van der Waals surface area contributed by atoms with E-state index >= 15 is 0 Å². The van der Waals surface area contributed by atoms with Crippen LogP contribution in [-0.4, -0.2) is 41.8 Å². The Kier molecular flexibility index (Phi) is 3.78. The minimum Gasteiger partial charge on any atom is -0.463 e. The highest BCUT2D eigenvalue weighted by Gasteiger charge is 2.35. The van der Waals surface area contributed by atoms with Crippen LogP contribution in [0.1, 0.15) is 34.1 Å². The summed E-state index contributed by atoms with van der Waals surface area (Å²) in [6.07, 6.45) is 0.106. The molecule has 1 saturated heterocycles. The monoisotopic (exact) mass is 229 g/mol. The summed E-state index contributed by atoms with van der Waals surface area (Å²) in [5.74, 6) is 0. The van der Waals surface area contributed by atoms with Crippen molar-refractivity contribution in [2.45, 2.75) is 51.9 Å². The average molecular weight is 229 g/mol. The SMILES string of the molecule is CC1CC(OC=O)CN1C(=O)OC(C)(C)C. The molecule has 0 N–H and O–H groups in total. The molecule has 0 aliphatic carbocycles. The highest BCUT2D eigenvalue weighted by molar-refractivity contribution is 5.69. The molecule has 1 amide bonds. The first kappa shape index (κ1) is 12.8. The number of likely N-dealkylation sites (tertiary alicyclic amines) is 1. The van der Waals surface area contributed by atoms with E-state index in [-0.39, 0.29) is 18.2 Å². The van der Waals surface area contributed by atoms with Gasteiger partial charge in [0.25, 0.3) is 6.47 Å². The molecule has 16 heavy (non-hydrogen) atoms. The van der Waals surface area contributed by atoms with Gasteiger partial charge in [-0.15, -0.1) is 0 Å². The van der Waals surface area contributed by atoms with E-state index in [1.807, 2.05) is 27.7 Å². The van der Waals surface area contributed by atoms with Crippen molar-refractivity contribution >= 4 is 12.6 Å². The first-order valence-corrected chi connectivity index (χ1v) is 5.42. The lowest BCUT2D eigenvalue weighted by molar-refractivity contribution is -0.133. The summed E-state index contributed by atoms with van der Waals surface area (Å²) in [7, 11) is 0. The quantitative estimate of drug-likeness (QED) is 0.674. The van der Waals surface area contributed by atoms with Crippen molar-refractivity contribution in [3.63, 3.8) is 0 Å². The molecule has 2 atom stereocenters. The molecule has 0 bridgehead atoms. The van der Waals surface area contributed by atoms with Crippen LogP contribution in [0.2, 0.25) is 0 Å². The van der Waals surface area contributed by atoms with E-state index in [9.17, 15) is 9.59 Å². The van der Waals surface area contributed by atoms with Gasteiger partial charge in [-0.1, -0.05) is 0 Å². The van der Waals surface area contributed by atoms with Crippen LogP contribution in [0, 0.1) is 0 Å². The van der Waals surface area contributed by atoms with Gasteiger partial charge in [0.1, 0.15) is 11.7 Å². The van der Waals surface area contributed by atoms with Crippen molar-refractivity contribution < 1.29 is 19.1 Å². The molecule has 5 heteroatoms. The molecule has 92 valence electrons. The smallest absolute Gasteiger partial charge is 0.410 e. The van der Waals surface area contributed by atoms with E-state index in [0.717, 1.165) is 0 Å². The van der Waals surface area contributed by atoms with Crippen LogP contribution >= 0.6 is 0 Å². The van der Waals surface area contributed by atoms with Gasteiger partial charge < -0.3 is 14.4 Å². The average Bonchev–Trinajstić information content (AvgIpc) is 2.44. The molecule has 1 rings (SSSR count). The topological polar surface area (TPSA) is 55.8 Å². The van der Waals surface area contributed by atoms with Crippen LogP contribution in [0.3, 0.4) is 0 Å². The maximum absolute atomic E-state index is 11.8. The molecule has 0 spiro atoms. The second-order valence-corrected chi connectivity index (χ2v) is 5.07. The lowest BCUT2D eigenvalue weighted by Gasteiger charge is -2.26. The van der Waals surface area contributed by atoms with Gasteiger partial charge in [0.05, 0.1) is 6.54 Å². The molecule has 0 aromatic rings. The third-order valence-electron chi connectivity index (χ3n) is 2.41. The number of ether oxygens (including phenoxy) is 2. The highest BCUT2D eigenvalue weighted by atomic mass is 16.6. The van der Waals surface area contributed by atoms with Gasteiger partial charge in [-0.25, -0.2) is 4.79 Å². The summed E-state index contributed by atoms with van der Waals surface area (Å²) >= 11 is 0. The van der Waals surface area contributed by atoms with Crippen LogP contribution in [0.5, 0.6) is 0 Å². The number of hydrogen-bond donors (Lipinski definition) is 0. The Morgan fingerprint density at radius 2 is 2.06 bits per heavy atom. The van der Waals surface area contributed by atoms with E-state index in [1.165, 1.54) is 0 Å². The molecule has 1 aliphatic heterocycles. The Labute approximate surface area is 95.7 Å². The van der Waals surface area contributed by atoms with E-state index < -0.39 is 5.60 Å². The predicted molar refractivity (Wildman–Crippen MR) is 58.0 cm³/mol. The fraction of sp³-hybridized carbons (Fsp3) is 0.818. The van der Waals surface area contributed by atoms with E-state index in [0.29, 0.717) is 19.4 Å². The summed E-state index contributed by atoms with van der Waals surface area (Å²) in [6, 6.07) is 0.0415. The largest absolute Gasteiger partial charge is 0.463 e. The molecule has 0 radical (unpaired) electrons. The standard InChI is InChI=1S/C11H19NO4/c1-8-5-9(15-7-13)6-12(8)10(14)16-11(2,3)4/h7-9H,5-6H2,1-4H3. The van der Waals surface area contributed by atoms with Crippen LogP contribution in [-0.2, 0) is 14.3 Å². The Morgan fingerprint density at radius 1 is 1.44 bits per heavy atom. The van der Waals surface area contributed by atoms with Gasteiger partial charge in [0, 0.05) is 12.5 Å². The fourth-order valence-corrected chi connectivity index (χ4v) is 1.73. The molecule has 1 fully saturated rings. The maximum Gasteiger partial charge on any atom is 0.410 e. The zero-order valence-corrected chi connectivity index (χ0v) is 10.2. The lowest BCUT2D eigenvalue weighted by Crippen LogP contribution is -2.39. The lowest BCUT2D eigenvalue weighted by atomic mass is 10.2. The van der Waals surface area contributed by atoms with Crippen molar-refractivity contribution in [1.29, 1.82) is 0 Å². The Bertz CT molecular complexity index is 272. The van der Waals surface area contributed by atoms with Crippen molar-refractivity contribution in [3.8, 4) is 0 Å². The minimum atomic E-state index is -0.500. The third kappa shape index (κ3) is 3.40. The minimum absolute atomic E-state index is 0.0415. The molecule has 1 aliphatic rings. The Balaban J connectivity index is 2.54. The van der Waals surface area contributed by atoms with Crippen molar-refractivity contribution in [3.05, 3.63) is 0 Å². The van der Waals surface area contributed by atoms with Crippen LogP contribution < -0.4 is 0 Å². The number of rotatable bonds is 2. The van der Waals surface area contributed by atoms with Crippen LogP contribution in [0.4, 0.5) is 4.79 Å². The second kappa shape index (κ2) is 4.72. The molecule has 0 saturated carbocycles. The van der Waals surface area contributed by atoms with Crippen LogP contribution in [0.25, 0.3) is 0 Å². The van der Waals surface area contributed by atoms with Crippen molar-refractivity contribution in [1.82, 2.24) is 4.90 Å². The van der Waals surface area contributed by atoms with Crippen molar-refractivity contribution in [2.24, 2.45) is 0 Å². The number of hydrogen-bond acceptors (Lipinski definition) is 4. The molecule has 1 heterocycles. The van der Waals surface area contributed by atoms with Crippen LogP contribution in [0.15, 0.2) is 0 Å². The van der Waals surface area contributed by atoms with E-state index in [2.05, 4.69) is 0 Å². The first-order valence-electron chi connectivity index (χ1n) is 5.42. The summed E-state index contributed by atoms with van der Waals surface area (Å²) in [6.45, 7) is 8.23. The van der Waals surface area contributed by atoms with Gasteiger partial charge in [-0.2, -0.15) is 0 Å². The number of amides is 1. The van der Waals surface area contributed by atoms with Gasteiger partial charge in [-0.3, -0.25) is 4.79 Å². The number of carbonyl (C=O) groups excluding carboxylic acids is 2. The number of carbonyl (C=O) groups is 2. The molecule has 5 nitrogen and oxygen atoms in total. The van der Waals surface area contributed by atoms with Gasteiger partial charge in [0.2, 0.25) is 0 Å². The summed E-state index contributed by atoms with van der Waals surface area (Å²) < 4.78 is 10.1. The Hall–Kier alpha value is -1.26. The Morgan fingerprint density at radius 3 is 2.56 bits per heavy atom. The van der Waals surface area contributed by atoms with Gasteiger partial charge in [-0.05, 0) is 27.7 Å². The third-order valence-corrected chi connectivity index (χ3v) is 2.41. The normalized spacial score (nSPS) is 25.4. The maximum atomic E-state index is 11.8. The first-order chi connectivity index (χ1) is 7.33. The fourth-order valence-electron chi connectivity index (χ4n) is 1.73. The molecule has 0 aromatic heterocycles. The van der Waals surface area contributed by atoms with E-state index in [4.69, 9.17) is 9.47 Å². The van der Waals surface area contributed by atoms with E-state index in [1.54, 1.807) is 4.90 Å². The summed E-state index contributed by atoms with van der Waals surface area (Å²) in [5, 5.41) is 0. The van der Waals surface area contributed by atoms with Crippen molar-refractivity contribution in [2.75, 3.05) is 6.54 Å². The molecule has 2 unspecified atom stereocenters. The second-order valence-electron chi connectivity index (χ2n) is 5.07. The highest BCUT2D eigenvalue weighted by Crippen LogP contribution is 2.22. The predicted octanol–water partition coefficient (Wildman–Crippen LogP) is 1.56. The summed E-state index contributed by atoms with van der Waals surface area (Å²) in [4.78, 5) is 23.6. The molecule has 0 aromatic carbocycles. The van der Waals surface area contributed by atoms with Gasteiger partial charge in [0.15, 0.2) is 0 Å². The zero-order chi connectivity index (χ0) is 12.3. The van der Waals surface area contributed by atoms with Gasteiger partial charge >= 0.3 is 6.09 Å².